The second-order valence-electron chi connectivity index (χ2n) is 4.15. The van der Waals surface area contributed by atoms with Crippen LogP contribution < -0.4 is 0 Å². The molecule has 0 amide bonds. The van der Waals surface area contributed by atoms with E-state index in [1.54, 1.807) is 24.4 Å². The molecule has 2 aromatic rings. The highest BCUT2D eigenvalue weighted by Crippen LogP contribution is 2.25. The molecule has 0 saturated heterocycles. The van der Waals surface area contributed by atoms with Crippen LogP contribution in [0.4, 0.5) is 0 Å². The van der Waals surface area contributed by atoms with Crippen LogP contribution in [0.2, 0.25) is 0 Å². The van der Waals surface area contributed by atoms with E-state index in [9.17, 15) is 4.79 Å². The molecule has 0 radical (unpaired) electrons. The standard InChI is InChI=1S/C14H11N3O/c1-9(10(2)18)17-6-5-12-13(8-16)11(7-15)3-4-14(12)17/h3-6,9H,1-2H3. The fraction of sp³-hybridized carbons (Fsp3) is 0.214. The second kappa shape index (κ2) is 4.35. The molecule has 0 spiro atoms. The van der Waals surface area contributed by atoms with E-state index in [-0.39, 0.29) is 11.8 Å². The maximum Gasteiger partial charge on any atom is 0.152 e. The van der Waals surface area contributed by atoms with Gasteiger partial charge in [0, 0.05) is 11.6 Å². The lowest BCUT2D eigenvalue weighted by Gasteiger charge is -2.11. The third-order valence-corrected chi connectivity index (χ3v) is 3.14. The molecule has 18 heavy (non-hydrogen) atoms. The molecule has 0 N–H and O–H groups in total. The monoisotopic (exact) mass is 237 g/mol. The summed E-state index contributed by atoms with van der Waals surface area (Å²) in [6.45, 7) is 3.34. The maximum absolute atomic E-state index is 11.4. The topological polar surface area (TPSA) is 69.6 Å². The summed E-state index contributed by atoms with van der Waals surface area (Å²) in [6, 6.07) is 8.93. The summed E-state index contributed by atoms with van der Waals surface area (Å²) in [5.41, 5.74) is 1.52. The number of benzene rings is 1. The van der Waals surface area contributed by atoms with Crippen molar-refractivity contribution in [3.05, 3.63) is 35.5 Å². The van der Waals surface area contributed by atoms with Crippen LogP contribution in [0.5, 0.6) is 0 Å². The van der Waals surface area contributed by atoms with E-state index in [4.69, 9.17) is 10.5 Å². The van der Waals surface area contributed by atoms with Crippen LogP contribution in [-0.2, 0) is 4.79 Å². The third-order valence-electron chi connectivity index (χ3n) is 3.14. The zero-order valence-corrected chi connectivity index (χ0v) is 10.1. The maximum atomic E-state index is 11.4. The van der Waals surface area contributed by atoms with E-state index in [0.29, 0.717) is 16.5 Å². The van der Waals surface area contributed by atoms with Crippen molar-refractivity contribution in [2.45, 2.75) is 19.9 Å². The number of nitriles is 2. The van der Waals surface area contributed by atoms with Gasteiger partial charge in [-0.05, 0) is 32.0 Å². The molecule has 0 bridgehead atoms. The summed E-state index contributed by atoms with van der Waals surface area (Å²) in [4.78, 5) is 11.4. The van der Waals surface area contributed by atoms with E-state index in [1.165, 1.54) is 6.92 Å². The molecule has 1 aromatic heterocycles. The van der Waals surface area contributed by atoms with Crippen molar-refractivity contribution in [2.24, 2.45) is 0 Å². The van der Waals surface area contributed by atoms with Gasteiger partial charge < -0.3 is 4.57 Å². The fourth-order valence-electron chi connectivity index (χ4n) is 1.98. The van der Waals surface area contributed by atoms with Gasteiger partial charge in [-0.3, -0.25) is 4.79 Å². The molecule has 4 heteroatoms. The van der Waals surface area contributed by atoms with Gasteiger partial charge in [0.25, 0.3) is 0 Å². The van der Waals surface area contributed by atoms with Crippen LogP contribution in [0.15, 0.2) is 24.4 Å². The summed E-state index contributed by atoms with van der Waals surface area (Å²) in [7, 11) is 0. The minimum atomic E-state index is -0.276. The van der Waals surface area contributed by atoms with Crippen LogP contribution in [0.3, 0.4) is 0 Å². The van der Waals surface area contributed by atoms with Gasteiger partial charge in [-0.15, -0.1) is 0 Å². The number of ketones is 1. The Morgan fingerprint density at radius 2 is 2.00 bits per heavy atom. The van der Waals surface area contributed by atoms with Crippen molar-refractivity contribution in [3.8, 4) is 12.1 Å². The van der Waals surface area contributed by atoms with Crippen LogP contribution in [-0.4, -0.2) is 10.4 Å². The number of carbonyl (C=O) groups is 1. The second-order valence-corrected chi connectivity index (χ2v) is 4.15. The summed E-state index contributed by atoms with van der Waals surface area (Å²) in [5, 5.41) is 18.8. The van der Waals surface area contributed by atoms with E-state index >= 15 is 0 Å². The first kappa shape index (κ1) is 11.9. The number of aromatic nitrogens is 1. The average molecular weight is 237 g/mol. The minimum absolute atomic E-state index is 0.0513. The number of rotatable bonds is 2. The number of hydrogen-bond acceptors (Lipinski definition) is 3. The van der Waals surface area contributed by atoms with Gasteiger partial charge in [0.2, 0.25) is 0 Å². The summed E-state index contributed by atoms with van der Waals surface area (Å²) < 4.78 is 1.82. The van der Waals surface area contributed by atoms with Gasteiger partial charge in [-0.2, -0.15) is 10.5 Å². The lowest BCUT2D eigenvalue weighted by molar-refractivity contribution is -0.119. The van der Waals surface area contributed by atoms with Crippen molar-refractivity contribution in [1.82, 2.24) is 4.57 Å². The Morgan fingerprint density at radius 1 is 1.28 bits per heavy atom. The highest BCUT2D eigenvalue weighted by Gasteiger charge is 2.15. The van der Waals surface area contributed by atoms with E-state index < -0.39 is 0 Å². The number of fused-ring (bicyclic) bond motifs is 1. The molecular formula is C14H11N3O. The predicted octanol–water partition coefficient (Wildman–Crippen LogP) is 2.53. The molecule has 4 nitrogen and oxygen atoms in total. The molecule has 0 aliphatic rings. The number of Topliss-reactive ketones (excluding diaryl/α,β-unsaturated/α-hetero) is 1. The molecule has 1 atom stereocenters. The molecule has 1 heterocycles. The smallest absolute Gasteiger partial charge is 0.152 e. The highest BCUT2D eigenvalue weighted by atomic mass is 16.1. The molecule has 1 unspecified atom stereocenters. The Hall–Kier alpha value is -2.59. The molecule has 0 aliphatic heterocycles. The van der Waals surface area contributed by atoms with E-state index in [1.807, 2.05) is 17.6 Å². The van der Waals surface area contributed by atoms with Crippen molar-refractivity contribution in [2.75, 3.05) is 0 Å². The van der Waals surface area contributed by atoms with Crippen molar-refractivity contribution in [3.63, 3.8) is 0 Å². The normalized spacial score (nSPS) is 11.8. The summed E-state index contributed by atoms with van der Waals surface area (Å²) >= 11 is 0. The van der Waals surface area contributed by atoms with Crippen molar-refractivity contribution >= 4 is 16.7 Å². The average Bonchev–Trinajstić information content (AvgIpc) is 2.79. The number of hydrogen-bond donors (Lipinski definition) is 0. The van der Waals surface area contributed by atoms with Gasteiger partial charge >= 0.3 is 0 Å². The number of carbonyl (C=O) groups excluding carboxylic acids is 1. The summed E-state index contributed by atoms with van der Waals surface area (Å²) in [6.07, 6.45) is 1.78. The van der Waals surface area contributed by atoms with Crippen LogP contribution in [0, 0.1) is 22.7 Å². The van der Waals surface area contributed by atoms with Gasteiger partial charge in [-0.1, -0.05) is 0 Å². The first-order valence-electron chi connectivity index (χ1n) is 5.54. The van der Waals surface area contributed by atoms with Crippen LogP contribution >= 0.6 is 0 Å². The lowest BCUT2D eigenvalue weighted by atomic mass is 10.1. The first-order valence-corrected chi connectivity index (χ1v) is 5.54. The largest absolute Gasteiger partial charge is 0.337 e. The van der Waals surface area contributed by atoms with Crippen molar-refractivity contribution in [1.29, 1.82) is 10.5 Å². The molecular weight excluding hydrogens is 226 g/mol. The number of nitrogens with zero attached hydrogens (tertiary/aromatic N) is 3. The quantitative estimate of drug-likeness (QED) is 0.805. The molecule has 0 saturated carbocycles. The zero-order valence-electron chi connectivity index (χ0n) is 10.1. The molecule has 1 aromatic carbocycles. The van der Waals surface area contributed by atoms with Gasteiger partial charge in [-0.25, -0.2) is 0 Å². The Morgan fingerprint density at radius 3 is 2.56 bits per heavy atom. The van der Waals surface area contributed by atoms with E-state index in [0.717, 1.165) is 5.52 Å². The van der Waals surface area contributed by atoms with Gasteiger partial charge in [0.05, 0.1) is 22.7 Å². The van der Waals surface area contributed by atoms with Gasteiger partial charge in [0.15, 0.2) is 5.78 Å². The highest BCUT2D eigenvalue weighted by molar-refractivity contribution is 5.90. The fourth-order valence-corrected chi connectivity index (χ4v) is 1.98. The zero-order chi connectivity index (χ0) is 13.3. The molecule has 2 rings (SSSR count). The Kier molecular flexibility index (Phi) is 2.87. The predicted molar refractivity (Wildman–Crippen MR) is 66.8 cm³/mol. The Bertz CT molecular complexity index is 713. The minimum Gasteiger partial charge on any atom is -0.337 e. The molecule has 0 fully saturated rings. The van der Waals surface area contributed by atoms with Crippen LogP contribution in [0.25, 0.3) is 10.9 Å². The Balaban J connectivity index is 2.75. The third kappa shape index (κ3) is 1.65. The Labute approximate surface area is 105 Å². The summed E-state index contributed by atoms with van der Waals surface area (Å²) in [5.74, 6) is 0.0513. The van der Waals surface area contributed by atoms with Crippen molar-refractivity contribution < 1.29 is 4.79 Å². The first-order chi connectivity index (χ1) is 8.60. The lowest BCUT2D eigenvalue weighted by Crippen LogP contribution is -2.11. The molecule has 88 valence electrons. The SMILES string of the molecule is CC(=O)C(C)n1ccc2c(C#N)c(C#N)ccc21. The van der Waals surface area contributed by atoms with E-state index in [2.05, 4.69) is 6.07 Å². The molecule has 0 aliphatic carbocycles. The van der Waals surface area contributed by atoms with Gasteiger partial charge in [0.1, 0.15) is 12.1 Å². The van der Waals surface area contributed by atoms with Crippen LogP contribution in [0.1, 0.15) is 31.0 Å².